The second-order valence-electron chi connectivity index (χ2n) is 4.66. The molecule has 0 aliphatic heterocycles. The molecule has 0 radical (unpaired) electrons. The number of phenols is 3. The highest BCUT2D eigenvalue weighted by Gasteiger charge is 2.35. The minimum Gasteiger partial charge on any atom is -0.507 e. The molecule has 0 atom stereocenters. The highest BCUT2D eigenvalue weighted by Crippen LogP contribution is 2.41. The van der Waals surface area contributed by atoms with Gasteiger partial charge in [-0.05, 0) is 12.1 Å². The van der Waals surface area contributed by atoms with Crippen molar-refractivity contribution in [1.29, 1.82) is 0 Å². The molecule has 106 valence electrons. The van der Waals surface area contributed by atoms with E-state index in [1.165, 1.54) is 18.2 Å². The van der Waals surface area contributed by atoms with E-state index < -0.39 is 29.7 Å². The van der Waals surface area contributed by atoms with E-state index >= 15 is 0 Å². The fourth-order valence-electron chi connectivity index (χ4n) is 2.50. The number of aromatic hydroxyl groups is 3. The second kappa shape index (κ2) is 4.32. The topological polar surface area (TPSA) is 115 Å². The summed E-state index contributed by atoms with van der Waals surface area (Å²) in [4.78, 5) is 24.8. The quantitative estimate of drug-likeness (QED) is 0.532. The second-order valence-corrected chi connectivity index (χ2v) is 4.66. The van der Waals surface area contributed by atoms with Crippen LogP contribution in [0.25, 0.3) is 0 Å². The van der Waals surface area contributed by atoms with Gasteiger partial charge in [-0.1, -0.05) is 12.1 Å². The van der Waals surface area contributed by atoms with Crippen molar-refractivity contribution in [1.82, 2.24) is 0 Å². The van der Waals surface area contributed by atoms with Gasteiger partial charge in [0, 0.05) is 11.1 Å². The Labute approximate surface area is 118 Å². The lowest BCUT2D eigenvalue weighted by atomic mass is 9.82. The Balaban J connectivity index is 2.39. The summed E-state index contributed by atoms with van der Waals surface area (Å²) in [6, 6.07) is 5.10. The van der Waals surface area contributed by atoms with Crippen molar-refractivity contribution in [2.24, 2.45) is 0 Å². The van der Waals surface area contributed by atoms with Crippen LogP contribution in [0, 0.1) is 0 Å². The van der Waals surface area contributed by atoms with Gasteiger partial charge in [0.2, 0.25) is 5.78 Å². The molecule has 6 heteroatoms. The van der Waals surface area contributed by atoms with Crippen molar-refractivity contribution in [3.05, 3.63) is 52.1 Å². The number of hydrogen-bond acceptors (Lipinski definition) is 6. The first kappa shape index (κ1) is 13.1. The van der Waals surface area contributed by atoms with Crippen LogP contribution in [0.1, 0.15) is 37.4 Å². The van der Waals surface area contributed by atoms with E-state index in [0.29, 0.717) is 0 Å². The zero-order valence-electron chi connectivity index (χ0n) is 10.6. The van der Waals surface area contributed by atoms with Crippen LogP contribution < -0.4 is 0 Å². The van der Waals surface area contributed by atoms with Gasteiger partial charge in [0.05, 0.1) is 23.3 Å². The van der Waals surface area contributed by atoms with Crippen molar-refractivity contribution < 1.29 is 30.0 Å². The molecule has 0 fully saturated rings. The molecule has 1 aliphatic rings. The Morgan fingerprint density at radius 2 is 1.57 bits per heavy atom. The number of carbonyl (C=O) groups is 2. The van der Waals surface area contributed by atoms with E-state index in [2.05, 4.69) is 0 Å². The molecule has 1 aliphatic carbocycles. The molecule has 2 aromatic rings. The summed E-state index contributed by atoms with van der Waals surface area (Å²) in [6.07, 6.45) is 0. The molecular weight excluding hydrogens is 276 g/mol. The van der Waals surface area contributed by atoms with Crippen LogP contribution in [-0.2, 0) is 6.61 Å². The van der Waals surface area contributed by atoms with Gasteiger partial charge in [-0.15, -0.1) is 0 Å². The van der Waals surface area contributed by atoms with Crippen LogP contribution in [-0.4, -0.2) is 32.0 Å². The van der Waals surface area contributed by atoms with Gasteiger partial charge < -0.3 is 20.4 Å². The van der Waals surface area contributed by atoms with Gasteiger partial charge in [-0.2, -0.15) is 0 Å². The third-order valence-electron chi connectivity index (χ3n) is 3.53. The SMILES string of the molecule is O=C1c2cccc(O)c2C(=O)c2c1cc(O)c(CO)c2O. The van der Waals surface area contributed by atoms with Gasteiger partial charge in [-0.25, -0.2) is 0 Å². The Hall–Kier alpha value is -2.86. The molecule has 21 heavy (non-hydrogen) atoms. The summed E-state index contributed by atoms with van der Waals surface area (Å²) in [7, 11) is 0. The summed E-state index contributed by atoms with van der Waals surface area (Å²) in [5.41, 5.74) is -0.919. The van der Waals surface area contributed by atoms with Crippen molar-refractivity contribution in [2.45, 2.75) is 6.61 Å². The number of carbonyl (C=O) groups excluding carboxylic acids is 2. The molecule has 0 amide bonds. The lowest BCUT2D eigenvalue weighted by molar-refractivity contribution is 0.0973. The largest absolute Gasteiger partial charge is 0.507 e. The van der Waals surface area contributed by atoms with E-state index in [9.17, 15) is 24.9 Å². The first-order valence-electron chi connectivity index (χ1n) is 6.07. The number of aliphatic hydroxyl groups excluding tert-OH is 1. The lowest BCUT2D eigenvalue weighted by Crippen LogP contribution is -2.21. The highest BCUT2D eigenvalue weighted by atomic mass is 16.3. The van der Waals surface area contributed by atoms with Gasteiger partial charge in [0.25, 0.3) is 0 Å². The monoisotopic (exact) mass is 286 g/mol. The molecule has 0 aromatic heterocycles. The number of rotatable bonds is 1. The van der Waals surface area contributed by atoms with Crippen molar-refractivity contribution in [3.8, 4) is 17.2 Å². The number of hydrogen-bond donors (Lipinski definition) is 4. The molecule has 0 unspecified atom stereocenters. The summed E-state index contributed by atoms with van der Waals surface area (Å²) in [5.74, 6) is -2.82. The molecule has 0 saturated carbocycles. The predicted octanol–water partition coefficient (Wildman–Crippen LogP) is 1.07. The van der Waals surface area contributed by atoms with E-state index in [0.717, 1.165) is 6.07 Å². The smallest absolute Gasteiger partial charge is 0.201 e. The molecule has 3 rings (SSSR count). The van der Waals surface area contributed by atoms with Crippen molar-refractivity contribution in [3.63, 3.8) is 0 Å². The summed E-state index contributed by atoms with van der Waals surface area (Å²) in [5, 5.41) is 38.7. The minimum absolute atomic E-state index is 0.00282. The maximum atomic E-state index is 12.4. The Bertz CT molecular complexity index is 806. The molecule has 0 spiro atoms. The number of aliphatic hydroxyl groups is 1. The van der Waals surface area contributed by atoms with Gasteiger partial charge in [0.1, 0.15) is 17.2 Å². The van der Waals surface area contributed by atoms with Crippen LogP contribution in [0.2, 0.25) is 0 Å². The minimum atomic E-state index is -0.732. The zero-order valence-corrected chi connectivity index (χ0v) is 10.6. The first-order valence-corrected chi connectivity index (χ1v) is 6.07. The van der Waals surface area contributed by atoms with Crippen LogP contribution >= 0.6 is 0 Å². The molecular formula is C15H10O6. The van der Waals surface area contributed by atoms with Crippen LogP contribution in [0.5, 0.6) is 17.2 Å². The van der Waals surface area contributed by atoms with Crippen LogP contribution in [0.4, 0.5) is 0 Å². The summed E-state index contributed by atoms with van der Waals surface area (Å²) < 4.78 is 0. The van der Waals surface area contributed by atoms with Crippen molar-refractivity contribution >= 4 is 11.6 Å². The Kier molecular flexibility index (Phi) is 2.70. The number of ketones is 2. The van der Waals surface area contributed by atoms with Crippen LogP contribution in [0.3, 0.4) is 0 Å². The summed E-state index contributed by atoms with van der Waals surface area (Å²) in [6.45, 7) is -0.694. The molecule has 0 bridgehead atoms. The Morgan fingerprint density at radius 3 is 2.24 bits per heavy atom. The number of fused-ring (bicyclic) bond motifs is 2. The summed E-state index contributed by atoms with van der Waals surface area (Å²) >= 11 is 0. The number of benzene rings is 2. The fraction of sp³-hybridized carbons (Fsp3) is 0.0667. The van der Waals surface area contributed by atoms with Gasteiger partial charge in [-0.3, -0.25) is 9.59 Å². The van der Waals surface area contributed by atoms with E-state index in [-0.39, 0.29) is 33.6 Å². The zero-order chi connectivity index (χ0) is 15.3. The third-order valence-corrected chi connectivity index (χ3v) is 3.53. The van der Waals surface area contributed by atoms with E-state index in [1.807, 2.05) is 0 Å². The molecule has 4 N–H and O–H groups in total. The fourth-order valence-corrected chi connectivity index (χ4v) is 2.50. The highest BCUT2D eigenvalue weighted by molar-refractivity contribution is 6.30. The van der Waals surface area contributed by atoms with E-state index in [1.54, 1.807) is 0 Å². The Morgan fingerprint density at radius 1 is 0.857 bits per heavy atom. The maximum Gasteiger partial charge on any atom is 0.201 e. The molecule has 0 saturated heterocycles. The average molecular weight is 286 g/mol. The molecule has 6 nitrogen and oxygen atoms in total. The predicted molar refractivity (Wildman–Crippen MR) is 70.7 cm³/mol. The molecule has 0 heterocycles. The van der Waals surface area contributed by atoms with Gasteiger partial charge >= 0.3 is 0 Å². The average Bonchev–Trinajstić information content (AvgIpc) is 2.44. The standard InChI is InChI=1S/C15H10O6/c16-5-8-10(18)4-7-12(14(8)20)15(21)11-6(13(7)19)2-1-3-9(11)17/h1-4,16-18,20H,5H2. The first-order chi connectivity index (χ1) is 9.97. The molecule has 2 aromatic carbocycles. The lowest BCUT2D eigenvalue weighted by Gasteiger charge is -2.20. The third kappa shape index (κ3) is 1.63. The van der Waals surface area contributed by atoms with Crippen molar-refractivity contribution in [2.75, 3.05) is 0 Å². The normalized spacial score (nSPS) is 13.0. The number of phenolic OH excluding ortho intramolecular Hbond substituents is 1. The maximum absolute atomic E-state index is 12.4. The van der Waals surface area contributed by atoms with Crippen LogP contribution in [0.15, 0.2) is 24.3 Å². The van der Waals surface area contributed by atoms with E-state index in [4.69, 9.17) is 5.11 Å². The van der Waals surface area contributed by atoms with Gasteiger partial charge in [0.15, 0.2) is 5.78 Å².